The van der Waals surface area contributed by atoms with E-state index in [4.69, 9.17) is 28.9 Å². The monoisotopic (exact) mass is 255 g/mol. The lowest BCUT2D eigenvalue weighted by atomic mass is 10.1. The number of anilines is 1. The molecule has 2 aromatic rings. The Hall–Kier alpha value is -1.19. The highest BCUT2D eigenvalue weighted by Crippen LogP contribution is 2.23. The quantitative estimate of drug-likeness (QED) is 0.886. The summed E-state index contributed by atoms with van der Waals surface area (Å²) in [4.78, 5) is 6.92. The molecule has 16 heavy (non-hydrogen) atoms. The summed E-state index contributed by atoms with van der Waals surface area (Å²) in [6.07, 6.45) is 3.47. The van der Waals surface area contributed by atoms with Gasteiger partial charge in [0.2, 0.25) is 0 Å². The van der Waals surface area contributed by atoms with Gasteiger partial charge in [-0.2, -0.15) is 0 Å². The number of nitrogens with two attached hydrogens (primary N) is 1. The van der Waals surface area contributed by atoms with Crippen LogP contribution >= 0.6 is 23.2 Å². The van der Waals surface area contributed by atoms with Gasteiger partial charge in [-0.3, -0.25) is 0 Å². The largest absolute Gasteiger partial charge is 0.369 e. The molecule has 3 nitrogen and oxygen atoms in total. The Kier molecular flexibility index (Phi) is 3.36. The fraction of sp³-hybridized carbons (Fsp3) is 0.182. The number of nitrogens with one attached hydrogen (secondary N) is 1. The van der Waals surface area contributed by atoms with Crippen molar-refractivity contribution < 1.29 is 0 Å². The fourth-order valence-corrected chi connectivity index (χ4v) is 1.80. The molecule has 5 heteroatoms. The molecule has 0 saturated carbocycles. The van der Waals surface area contributed by atoms with E-state index < -0.39 is 0 Å². The molecule has 0 unspecified atom stereocenters. The van der Waals surface area contributed by atoms with E-state index in [1.54, 1.807) is 12.3 Å². The summed E-state index contributed by atoms with van der Waals surface area (Å²) >= 11 is 11.8. The van der Waals surface area contributed by atoms with Crippen molar-refractivity contribution >= 4 is 29.2 Å². The number of H-pyrrole nitrogens is 1. The number of aryl methyl sites for hydroxylation is 2. The molecule has 1 aromatic carbocycles. The fourth-order valence-electron chi connectivity index (χ4n) is 1.48. The van der Waals surface area contributed by atoms with Crippen LogP contribution in [0.1, 0.15) is 11.3 Å². The van der Waals surface area contributed by atoms with Crippen molar-refractivity contribution in [3.63, 3.8) is 0 Å². The number of halogens is 2. The van der Waals surface area contributed by atoms with Gasteiger partial charge in [-0.1, -0.05) is 29.3 Å². The molecule has 1 aromatic heterocycles. The van der Waals surface area contributed by atoms with Crippen LogP contribution in [0.15, 0.2) is 24.4 Å². The second kappa shape index (κ2) is 4.76. The van der Waals surface area contributed by atoms with Crippen LogP contribution in [0.25, 0.3) is 0 Å². The van der Waals surface area contributed by atoms with Crippen LogP contribution in [-0.2, 0) is 12.8 Å². The standard InChI is InChI=1S/C11H11Cl2N3/c12-9-4-2-7(5-10(9)13)1-3-8-6-15-11(14)16-8/h2,4-6H,1,3H2,(H3,14,15,16). The first-order valence-corrected chi connectivity index (χ1v) is 5.64. The summed E-state index contributed by atoms with van der Waals surface area (Å²) in [5.41, 5.74) is 7.64. The van der Waals surface area contributed by atoms with Gasteiger partial charge in [-0.05, 0) is 30.5 Å². The maximum Gasteiger partial charge on any atom is 0.197 e. The van der Waals surface area contributed by atoms with Crippen LogP contribution < -0.4 is 5.73 Å². The first-order valence-electron chi connectivity index (χ1n) is 4.88. The molecular weight excluding hydrogens is 245 g/mol. The van der Waals surface area contributed by atoms with Crippen molar-refractivity contribution in [2.45, 2.75) is 12.8 Å². The molecular formula is C11H11Cl2N3. The van der Waals surface area contributed by atoms with Crippen LogP contribution in [0.4, 0.5) is 5.95 Å². The molecule has 0 amide bonds. The molecule has 0 aliphatic carbocycles. The number of aromatic amines is 1. The van der Waals surface area contributed by atoms with E-state index in [0.717, 1.165) is 24.1 Å². The first-order chi connectivity index (χ1) is 7.65. The Morgan fingerprint density at radius 2 is 2.00 bits per heavy atom. The van der Waals surface area contributed by atoms with Crippen molar-refractivity contribution in [1.29, 1.82) is 0 Å². The van der Waals surface area contributed by atoms with Gasteiger partial charge in [-0.25, -0.2) is 4.98 Å². The van der Waals surface area contributed by atoms with Crippen LogP contribution in [-0.4, -0.2) is 9.97 Å². The van der Waals surface area contributed by atoms with E-state index in [2.05, 4.69) is 9.97 Å². The maximum absolute atomic E-state index is 5.93. The molecule has 0 fully saturated rings. The van der Waals surface area contributed by atoms with Crippen LogP contribution in [0.2, 0.25) is 10.0 Å². The van der Waals surface area contributed by atoms with E-state index >= 15 is 0 Å². The summed E-state index contributed by atoms with van der Waals surface area (Å²) in [5, 5.41) is 1.17. The van der Waals surface area contributed by atoms with Gasteiger partial charge in [0.25, 0.3) is 0 Å². The van der Waals surface area contributed by atoms with Crippen LogP contribution in [0.5, 0.6) is 0 Å². The predicted molar refractivity (Wildman–Crippen MR) is 66.9 cm³/mol. The van der Waals surface area contributed by atoms with Crippen LogP contribution in [0, 0.1) is 0 Å². The number of aromatic nitrogens is 2. The van der Waals surface area contributed by atoms with Crippen molar-refractivity contribution in [2.24, 2.45) is 0 Å². The number of rotatable bonds is 3. The molecule has 0 bridgehead atoms. The molecule has 0 radical (unpaired) electrons. The van der Waals surface area contributed by atoms with Crippen LogP contribution in [0.3, 0.4) is 0 Å². The van der Waals surface area contributed by atoms with Gasteiger partial charge in [-0.15, -0.1) is 0 Å². The number of nitrogen functional groups attached to an aromatic ring is 1. The van der Waals surface area contributed by atoms with Gasteiger partial charge in [0.05, 0.1) is 16.2 Å². The number of imidazole rings is 1. The summed E-state index contributed by atoms with van der Waals surface area (Å²) in [6.45, 7) is 0. The zero-order valence-electron chi connectivity index (χ0n) is 8.50. The third-order valence-corrected chi connectivity index (χ3v) is 3.05. The molecule has 0 aliphatic heterocycles. The third kappa shape index (κ3) is 2.68. The number of hydrogen-bond donors (Lipinski definition) is 2. The van der Waals surface area contributed by atoms with E-state index in [-0.39, 0.29) is 0 Å². The topological polar surface area (TPSA) is 54.7 Å². The van der Waals surface area contributed by atoms with E-state index in [1.165, 1.54) is 0 Å². The second-order valence-corrected chi connectivity index (χ2v) is 4.36. The maximum atomic E-state index is 5.93. The molecule has 3 N–H and O–H groups in total. The highest BCUT2D eigenvalue weighted by atomic mass is 35.5. The Morgan fingerprint density at radius 1 is 1.19 bits per heavy atom. The number of benzene rings is 1. The third-order valence-electron chi connectivity index (χ3n) is 2.32. The van der Waals surface area contributed by atoms with Crippen molar-refractivity contribution in [3.05, 3.63) is 45.7 Å². The number of hydrogen-bond acceptors (Lipinski definition) is 2. The molecule has 0 atom stereocenters. The number of nitrogens with zero attached hydrogens (tertiary/aromatic N) is 1. The summed E-state index contributed by atoms with van der Waals surface area (Å²) in [6, 6.07) is 5.65. The summed E-state index contributed by atoms with van der Waals surface area (Å²) < 4.78 is 0. The zero-order valence-corrected chi connectivity index (χ0v) is 10.0. The smallest absolute Gasteiger partial charge is 0.197 e. The Morgan fingerprint density at radius 3 is 2.62 bits per heavy atom. The van der Waals surface area contributed by atoms with Crippen molar-refractivity contribution in [1.82, 2.24) is 9.97 Å². The molecule has 2 rings (SSSR count). The van der Waals surface area contributed by atoms with Gasteiger partial charge in [0.1, 0.15) is 0 Å². The summed E-state index contributed by atoms with van der Waals surface area (Å²) in [5.74, 6) is 0.448. The van der Waals surface area contributed by atoms with Gasteiger partial charge in [0, 0.05) is 5.69 Å². The lowest BCUT2D eigenvalue weighted by molar-refractivity contribution is 0.927. The Labute approximate surface area is 104 Å². The Bertz CT molecular complexity index is 494. The molecule has 0 saturated heterocycles. The van der Waals surface area contributed by atoms with Gasteiger partial charge >= 0.3 is 0 Å². The first kappa shape index (κ1) is 11.3. The van der Waals surface area contributed by atoms with E-state index in [1.807, 2.05) is 12.1 Å². The molecule has 84 valence electrons. The van der Waals surface area contributed by atoms with Crippen molar-refractivity contribution in [2.75, 3.05) is 5.73 Å². The van der Waals surface area contributed by atoms with E-state index in [0.29, 0.717) is 16.0 Å². The van der Waals surface area contributed by atoms with Gasteiger partial charge in [0.15, 0.2) is 5.95 Å². The highest BCUT2D eigenvalue weighted by Gasteiger charge is 2.01. The minimum atomic E-state index is 0.448. The minimum absolute atomic E-state index is 0.448. The SMILES string of the molecule is Nc1ncc(CCc2ccc(Cl)c(Cl)c2)[nH]1. The zero-order chi connectivity index (χ0) is 11.5. The molecule has 0 aliphatic rings. The lowest BCUT2D eigenvalue weighted by Crippen LogP contribution is -1.92. The molecule has 0 spiro atoms. The van der Waals surface area contributed by atoms with Gasteiger partial charge < -0.3 is 10.7 Å². The Balaban J connectivity index is 2.02. The predicted octanol–water partition coefficient (Wildman–Crippen LogP) is 3.08. The average molecular weight is 256 g/mol. The lowest BCUT2D eigenvalue weighted by Gasteiger charge is -2.02. The summed E-state index contributed by atoms with van der Waals surface area (Å²) in [7, 11) is 0. The van der Waals surface area contributed by atoms with E-state index in [9.17, 15) is 0 Å². The average Bonchev–Trinajstić information content (AvgIpc) is 2.66. The minimum Gasteiger partial charge on any atom is -0.369 e. The molecule has 1 heterocycles. The highest BCUT2D eigenvalue weighted by molar-refractivity contribution is 6.42. The second-order valence-electron chi connectivity index (χ2n) is 3.54. The normalized spacial score (nSPS) is 10.6. The van der Waals surface area contributed by atoms with Crippen molar-refractivity contribution in [3.8, 4) is 0 Å².